The van der Waals surface area contributed by atoms with E-state index < -0.39 is 0 Å². The Bertz CT molecular complexity index is 3890. The third kappa shape index (κ3) is 5.81. The van der Waals surface area contributed by atoms with Crippen LogP contribution < -0.4 is 0 Å². The Hall–Kier alpha value is -8.74. The zero-order valence-corrected chi connectivity index (χ0v) is 34.2. The molecule has 298 valence electrons. The second-order valence-corrected chi connectivity index (χ2v) is 16.1. The summed E-state index contributed by atoms with van der Waals surface area (Å²) in [5.74, 6) is 2.44. The molecule has 0 amide bonds. The summed E-state index contributed by atoms with van der Waals surface area (Å²) in [5.41, 5.74) is 10.8. The van der Waals surface area contributed by atoms with Crippen LogP contribution in [0.5, 0.6) is 0 Å². The Labute approximate surface area is 366 Å². The van der Waals surface area contributed by atoms with Gasteiger partial charge >= 0.3 is 0 Å². The van der Waals surface area contributed by atoms with Gasteiger partial charge in [-0.25, -0.2) is 19.9 Å². The highest BCUT2D eigenvalue weighted by molar-refractivity contribution is 6.20. The van der Waals surface area contributed by atoms with Crippen LogP contribution in [0.25, 0.3) is 133 Å². The SMILES string of the molecule is c1ccc(-c2nc(-c3ccccc3)nc(-c3ccc(-c4ccc(-c5cc6c7ccccc7oc6c6nc(-c7cccc8ccc9ccccc9c78)oc56)c5ccccc45)cc3)n2)cc1. The molecule has 0 unspecified atom stereocenters. The average Bonchev–Trinajstić information content (AvgIpc) is 3.99. The van der Waals surface area contributed by atoms with Crippen molar-refractivity contribution in [2.45, 2.75) is 0 Å². The Morgan fingerprint density at radius 1 is 0.297 bits per heavy atom. The van der Waals surface area contributed by atoms with Crippen molar-refractivity contribution in [3.8, 4) is 67.9 Å². The molecule has 0 bridgehead atoms. The number of oxazole rings is 1. The predicted octanol–water partition coefficient (Wildman–Crippen LogP) is 15.4. The molecule has 64 heavy (non-hydrogen) atoms. The van der Waals surface area contributed by atoms with Crippen molar-refractivity contribution in [3.05, 3.63) is 206 Å². The maximum absolute atomic E-state index is 7.01. The Morgan fingerprint density at radius 2 is 0.844 bits per heavy atom. The van der Waals surface area contributed by atoms with E-state index in [1.165, 1.54) is 5.39 Å². The number of benzene rings is 10. The minimum atomic E-state index is 0.553. The first-order valence-corrected chi connectivity index (χ1v) is 21.4. The normalized spacial score (nSPS) is 11.8. The molecule has 0 saturated carbocycles. The van der Waals surface area contributed by atoms with Crippen molar-refractivity contribution in [2.24, 2.45) is 0 Å². The van der Waals surface area contributed by atoms with Gasteiger partial charge in [-0.15, -0.1) is 0 Å². The van der Waals surface area contributed by atoms with Gasteiger partial charge in [-0.1, -0.05) is 188 Å². The summed E-state index contributed by atoms with van der Waals surface area (Å²) in [4.78, 5) is 20.1. The van der Waals surface area contributed by atoms with Gasteiger partial charge in [0.05, 0.1) is 0 Å². The molecule has 0 fully saturated rings. The summed E-state index contributed by atoms with van der Waals surface area (Å²) in [7, 11) is 0. The van der Waals surface area contributed by atoms with Crippen molar-refractivity contribution in [1.29, 1.82) is 0 Å². The van der Waals surface area contributed by atoms with E-state index in [4.69, 9.17) is 28.8 Å². The van der Waals surface area contributed by atoms with Gasteiger partial charge in [0.2, 0.25) is 5.89 Å². The largest absolute Gasteiger partial charge is 0.454 e. The highest BCUT2D eigenvalue weighted by Gasteiger charge is 2.24. The van der Waals surface area contributed by atoms with E-state index in [9.17, 15) is 0 Å². The molecular weight excluding hydrogens is 785 g/mol. The highest BCUT2D eigenvalue weighted by atomic mass is 16.4. The zero-order chi connectivity index (χ0) is 42.1. The number of furan rings is 1. The van der Waals surface area contributed by atoms with Gasteiger partial charge in [-0.3, -0.25) is 0 Å². The van der Waals surface area contributed by atoms with E-state index in [2.05, 4.69) is 133 Å². The monoisotopic (exact) mass is 818 g/mol. The maximum Gasteiger partial charge on any atom is 0.228 e. The molecule has 3 aromatic heterocycles. The lowest BCUT2D eigenvalue weighted by molar-refractivity contribution is 0.621. The van der Waals surface area contributed by atoms with E-state index in [-0.39, 0.29) is 0 Å². The lowest BCUT2D eigenvalue weighted by atomic mass is 9.91. The summed E-state index contributed by atoms with van der Waals surface area (Å²) >= 11 is 0. The summed E-state index contributed by atoms with van der Waals surface area (Å²) in [6.45, 7) is 0. The summed E-state index contributed by atoms with van der Waals surface area (Å²) < 4.78 is 13.6. The average molecular weight is 819 g/mol. The van der Waals surface area contributed by atoms with Crippen LogP contribution in [0, 0.1) is 0 Å². The van der Waals surface area contributed by atoms with Gasteiger partial charge in [-0.2, -0.15) is 0 Å². The molecule has 0 aliphatic carbocycles. The van der Waals surface area contributed by atoms with E-state index in [1.54, 1.807) is 0 Å². The van der Waals surface area contributed by atoms with Gasteiger partial charge < -0.3 is 8.83 Å². The van der Waals surface area contributed by atoms with E-state index in [1.807, 2.05) is 72.8 Å². The van der Waals surface area contributed by atoms with Crippen molar-refractivity contribution in [1.82, 2.24) is 19.9 Å². The van der Waals surface area contributed by atoms with Crippen molar-refractivity contribution >= 4 is 65.4 Å². The topological polar surface area (TPSA) is 77.8 Å². The minimum Gasteiger partial charge on any atom is -0.454 e. The Balaban J connectivity index is 0.966. The van der Waals surface area contributed by atoms with Crippen LogP contribution in [0.1, 0.15) is 0 Å². The minimum absolute atomic E-state index is 0.553. The predicted molar refractivity (Wildman–Crippen MR) is 260 cm³/mol. The molecule has 0 radical (unpaired) electrons. The molecule has 13 aromatic rings. The number of hydrogen-bond donors (Lipinski definition) is 0. The molecule has 0 saturated heterocycles. The van der Waals surface area contributed by atoms with Crippen LogP contribution in [0.15, 0.2) is 215 Å². The van der Waals surface area contributed by atoms with Gasteiger partial charge in [-0.05, 0) is 61.8 Å². The molecule has 0 spiro atoms. The second kappa shape index (κ2) is 14.4. The lowest BCUT2D eigenvalue weighted by Gasteiger charge is -2.13. The highest BCUT2D eigenvalue weighted by Crippen LogP contribution is 2.45. The molecular formula is C58H34N4O2. The Morgan fingerprint density at radius 3 is 1.56 bits per heavy atom. The van der Waals surface area contributed by atoms with Crippen molar-refractivity contribution < 1.29 is 8.83 Å². The quantitative estimate of drug-likeness (QED) is 0.156. The zero-order valence-electron chi connectivity index (χ0n) is 34.2. The van der Waals surface area contributed by atoms with Crippen LogP contribution in [0.2, 0.25) is 0 Å². The first-order valence-electron chi connectivity index (χ1n) is 21.4. The van der Waals surface area contributed by atoms with Crippen LogP contribution in [-0.2, 0) is 0 Å². The molecule has 3 heterocycles. The number of aromatic nitrogens is 4. The van der Waals surface area contributed by atoms with Crippen LogP contribution in [0.4, 0.5) is 0 Å². The Kier molecular flexibility index (Phi) is 8.11. The molecule has 6 heteroatoms. The van der Waals surface area contributed by atoms with Crippen LogP contribution >= 0.6 is 0 Å². The van der Waals surface area contributed by atoms with Gasteiger partial charge in [0.1, 0.15) is 5.58 Å². The molecule has 0 N–H and O–H groups in total. The van der Waals surface area contributed by atoms with Crippen molar-refractivity contribution in [3.63, 3.8) is 0 Å². The summed E-state index contributed by atoms with van der Waals surface area (Å²) in [5, 5.41) is 8.81. The molecule has 13 rings (SSSR count). The number of rotatable bonds is 6. The first kappa shape index (κ1) is 36.0. The van der Waals surface area contributed by atoms with Gasteiger partial charge in [0.25, 0.3) is 0 Å². The second-order valence-electron chi connectivity index (χ2n) is 16.1. The first-order chi connectivity index (χ1) is 31.7. The molecule has 0 aliphatic heterocycles. The third-order valence-corrected chi connectivity index (χ3v) is 12.4. The summed E-state index contributed by atoms with van der Waals surface area (Å²) in [6, 6.07) is 71.2. The fourth-order valence-corrected chi connectivity index (χ4v) is 9.33. The third-order valence-electron chi connectivity index (χ3n) is 12.4. The van der Waals surface area contributed by atoms with Gasteiger partial charge in [0, 0.05) is 44.0 Å². The number of nitrogens with zero attached hydrogens (tertiary/aromatic N) is 4. The van der Waals surface area contributed by atoms with E-state index in [0.29, 0.717) is 40.0 Å². The fraction of sp³-hybridized carbons (Fsp3) is 0. The van der Waals surface area contributed by atoms with Crippen LogP contribution in [-0.4, -0.2) is 19.9 Å². The molecule has 0 aliphatic rings. The van der Waals surface area contributed by atoms with E-state index >= 15 is 0 Å². The standard InChI is InChI=1S/C58H34N4O2/c1-3-15-38(16-4-1)55-60-56(39-17-5-2-6-18-39)62-57(61-55)40-30-27-36(28-31-40)41-32-33-45(44-22-10-9-21-43(41)44)48-34-49-46-23-11-12-25-50(46)63-53(49)52-54(48)64-58(59-52)47-24-13-19-37-29-26-35-14-7-8-20-42(35)51(37)47/h1-34H. The smallest absolute Gasteiger partial charge is 0.228 e. The number of hydrogen-bond acceptors (Lipinski definition) is 6. The van der Waals surface area contributed by atoms with Gasteiger partial charge in [0.15, 0.2) is 34.2 Å². The maximum atomic E-state index is 7.01. The number of fused-ring (bicyclic) bond motifs is 9. The fourth-order valence-electron chi connectivity index (χ4n) is 9.33. The summed E-state index contributed by atoms with van der Waals surface area (Å²) in [6.07, 6.45) is 0. The van der Waals surface area contributed by atoms with Crippen molar-refractivity contribution in [2.75, 3.05) is 0 Å². The molecule has 0 atom stereocenters. The molecule has 6 nitrogen and oxygen atoms in total. The number of para-hydroxylation sites is 1. The molecule has 10 aromatic carbocycles. The van der Waals surface area contributed by atoms with Crippen LogP contribution in [0.3, 0.4) is 0 Å². The lowest BCUT2D eigenvalue weighted by Crippen LogP contribution is -2.00. The van der Waals surface area contributed by atoms with E-state index in [0.717, 1.165) is 87.8 Å².